The van der Waals surface area contributed by atoms with Crippen molar-refractivity contribution >= 4 is 16.2 Å². The van der Waals surface area contributed by atoms with Gasteiger partial charge in [0.25, 0.3) is 10.2 Å². The van der Waals surface area contributed by atoms with E-state index in [9.17, 15) is 13.2 Å². The van der Waals surface area contributed by atoms with Crippen LogP contribution in [0.25, 0.3) is 0 Å². The molecule has 7 heteroatoms. The summed E-state index contributed by atoms with van der Waals surface area (Å²) in [4.78, 5) is 11.3. The highest BCUT2D eigenvalue weighted by atomic mass is 32.2. The second kappa shape index (κ2) is 5.90. The smallest absolute Gasteiger partial charge is 0.323 e. The Hall–Kier alpha value is -1.44. The Balaban J connectivity index is 2.10. The van der Waals surface area contributed by atoms with Crippen LogP contribution in [0.4, 0.5) is 0 Å². The average molecular weight is 298 g/mol. The van der Waals surface area contributed by atoms with Crippen LogP contribution in [0, 0.1) is 0 Å². The number of carbonyl (C=O) groups is 1. The first-order valence-electron chi connectivity index (χ1n) is 6.36. The molecule has 0 amide bonds. The van der Waals surface area contributed by atoms with Gasteiger partial charge in [0.1, 0.15) is 6.04 Å². The molecule has 2 rings (SSSR count). The van der Waals surface area contributed by atoms with E-state index in [2.05, 4.69) is 9.46 Å². The van der Waals surface area contributed by atoms with E-state index in [1.807, 2.05) is 24.3 Å². The van der Waals surface area contributed by atoms with Crippen LogP contribution in [0.2, 0.25) is 0 Å². The SMILES string of the molecule is COC(=O)C(C)NS(=O)(=O)N1CCc2ccccc2C1. The van der Waals surface area contributed by atoms with Crippen LogP contribution < -0.4 is 4.72 Å². The summed E-state index contributed by atoms with van der Waals surface area (Å²) in [6.45, 7) is 2.18. The molecular weight excluding hydrogens is 280 g/mol. The zero-order chi connectivity index (χ0) is 14.8. The third kappa shape index (κ3) is 3.17. The minimum atomic E-state index is -3.70. The highest BCUT2D eigenvalue weighted by Crippen LogP contribution is 2.20. The third-order valence-electron chi connectivity index (χ3n) is 3.32. The lowest BCUT2D eigenvalue weighted by Crippen LogP contribution is -2.48. The van der Waals surface area contributed by atoms with Gasteiger partial charge in [0, 0.05) is 13.1 Å². The lowest BCUT2D eigenvalue weighted by atomic mass is 10.0. The molecule has 0 saturated heterocycles. The largest absolute Gasteiger partial charge is 0.468 e. The zero-order valence-corrected chi connectivity index (χ0v) is 12.3. The molecule has 1 unspecified atom stereocenters. The maximum absolute atomic E-state index is 12.2. The van der Waals surface area contributed by atoms with Crippen molar-refractivity contribution in [3.05, 3.63) is 35.4 Å². The topological polar surface area (TPSA) is 75.7 Å². The maximum atomic E-state index is 12.2. The lowest BCUT2D eigenvalue weighted by Gasteiger charge is -2.28. The molecule has 1 aromatic rings. The molecule has 20 heavy (non-hydrogen) atoms. The second-order valence-corrected chi connectivity index (χ2v) is 6.42. The summed E-state index contributed by atoms with van der Waals surface area (Å²) in [7, 11) is -2.47. The number of fused-ring (bicyclic) bond motifs is 1. The Morgan fingerprint density at radius 3 is 2.65 bits per heavy atom. The van der Waals surface area contributed by atoms with Gasteiger partial charge in [-0.25, -0.2) is 0 Å². The molecule has 6 nitrogen and oxygen atoms in total. The molecule has 0 aromatic heterocycles. The van der Waals surface area contributed by atoms with Crippen LogP contribution in [0.15, 0.2) is 24.3 Å². The van der Waals surface area contributed by atoms with Gasteiger partial charge in [-0.05, 0) is 24.5 Å². The van der Waals surface area contributed by atoms with Crippen LogP contribution in [0.5, 0.6) is 0 Å². The Kier molecular flexibility index (Phi) is 4.42. The normalized spacial score (nSPS) is 17.3. The summed E-state index contributed by atoms with van der Waals surface area (Å²) in [6, 6.07) is 6.85. The number of ether oxygens (including phenoxy) is 1. The molecule has 1 aliphatic heterocycles. The fraction of sp³-hybridized carbons (Fsp3) is 0.462. The van der Waals surface area contributed by atoms with Crippen LogP contribution in [0.3, 0.4) is 0 Å². The first kappa shape index (κ1) is 15.0. The summed E-state index contributed by atoms with van der Waals surface area (Å²) in [5.74, 6) is -0.606. The monoisotopic (exact) mass is 298 g/mol. The second-order valence-electron chi connectivity index (χ2n) is 4.72. The molecule has 1 aromatic carbocycles. The fourth-order valence-electron chi connectivity index (χ4n) is 2.20. The maximum Gasteiger partial charge on any atom is 0.323 e. The van der Waals surface area contributed by atoms with Crippen molar-refractivity contribution in [3.63, 3.8) is 0 Å². The third-order valence-corrected chi connectivity index (χ3v) is 4.96. The van der Waals surface area contributed by atoms with Crippen molar-refractivity contribution in [3.8, 4) is 0 Å². The number of nitrogens with one attached hydrogen (secondary N) is 1. The molecule has 0 spiro atoms. The van der Waals surface area contributed by atoms with Gasteiger partial charge < -0.3 is 4.74 Å². The molecule has 0 bridgehead atoms. The van der Waals surface area contributed by atoms with Gasteiger partial charge in [-0.3, -0.25) is 4.79 Å². The molecule has 110 valence electrons. The predicted molar refractivity (Wildman–Crippen MR) is 74.1 cm³/mol. The van der Waals surface area contributed by atoms with Gasteiger partial charge in [-0.1, -0.05) is 24.3 Å². The molecule has 0 radical (unpaired) electrons. The Labute approximate surface area is 118 Å². The van der Waals surface area contributed by atoms with Crippen LogP contribution in [-0.4, -0.2) is 38.4 Å². The number of nitrogens with zero attached hydrogens (tertiary/aromatic N) is 1. The van der Waals surface area contributed by atoms with Crippen LogP contribution in [0.1, 0.15) is 18.1 Å². The predicted octanol–water partition coefficient (Wildman–Crippen LogP) is 0.441. The van der Waals surface area contributed by atoms with Crippen molar-refractivity contribution in [1.29, 1.82) is 0 Å². The zero-order valence-electron chi connectivity index (χ0n) is 11.5. The van der Waals surface area contributed by atoms with Gasteiger partial charge in [0.15, 0.2) is 0 Å². The molecular formula is C13H18N2O4S. The quantitative estimate of drug-likeness (QED) is 0.819. The summed E-state index contributed by atoms with van der Waals surface area (Å²) in [5.41, 5.74) is 2.16. The number of benzene rings is 1. The number of methoxy groups -OCH3 is 1. The first-order chi connectivity index (χ1) is 9.44. The number of carbonyl (C=O) groups excluding carboxylic acids is 1. The van der Waals surface area contributed by atoms with E-state index in [1.165, 1.54) is 23.9 Å². The molecule has 0 saturated carbocycles. The Morgan fingerprint density at radius 1 is 1.35 bits per heavy atom. The molecule has 1 atom stereocenters. The molecule has 1 aliphatic rings. The van der Waals surface area contributed by atoms with Crippen molar-refractivity contribution < 1.29 is 17.9 Å². The summed E-state index contributed by atoms with van der Waals surface area (Å²) < 4.78 is 32.7. The molecule has 1 heterocycles. The van der Waals surface area contributed by atoms with E-state index in [-0.39, 0.29) is 0 Å². The number of hydrogen-bond donors (Lipinski definition) is 1. The number of rotatable bonds is 4. The van der Waals surface area contributed by atoms with Gasteiger partial charge in [0.05, 0.1) is 7.11 Å². The van der Waals surface area contributed by atoms with E-state index in [0.717, 1.165) is 5.56 Å². The van der Waals surface area contributed by atoms with Gasteiger partial charge in [0.2, 0.25) is 0 Å². The van der Waals surface area contributed by atoms with E-state index in [4.69, 9.17) is 0 Å². The highest BCUT2D eigenvalue weighted by molar-refractivity contribution is 7.87. The summed E-state index contributed by atoms with van der Waals surface area (Å²) >= 11 is 0. The van der Waals surface area contributed by atoms with Gasteiger partial charge >= 0.3 is 5.97 Å². The van der Waals surface area contributed by atoms with Crippen molar-refractivity contribution in [2.24, 2.45) is 0 Å². The highest BCUT2D eigenvalue weighted by Gasteiger charge is 2.29. The van der Waals surface area contributed by atoms with Gasteiger partial charge in [-0.15, -0.1) is 0 Å². The fourth-order valence-corrected chi connectivity index (χ4v) is 3.53. The minimum Gasteiger partial charge on any atom is -0.468 e. The van der Waals surface area contributed by atoms with Crippen molar-refractivity contribution in [2.45, 2.75) is 25.9 Å². The first-order valence-corrected chi connectivity index (χ1v) is 7.80. The summed E-state index contributed by atoms with van der Waals surface area (Å²) in [6.07, 6.45) is 0.670. The Morgan fingerprint density at radius 2 is 2.00 bits per heavy atom. The number of esters is 1. The van der Waals surface area contributed by atoms with Crippen LogP contribution in [-0.2, 0) is 32.7 Å². The average Bonchev–Trinajstić information content (AvgIpc) is 2.45. The van der Waals surface area contributed by atoms with E-state index in [1.54, 1.807) is 0 Å². The number of hydrogen-bond acceptors (Lipinski definition) is 4. The molecule has 0 fully saturated rings. The lowest BCUT2D eigenvalue weighted by molar-refractivity contribution is -0.142. The van der Waals surface area contributed by atoms with E-state index in [0.29, 0.717) is 19.5 Å². The Bertz CT molecular complexity index is 600. The van der Waals surface area contributed by atoms with Gasteiger partial charge in [-0.2, -0.15) is 17.4 Å². The van der Waals surface area contributed by atoms with Crippen molar-refractivity contribution in [1.82, 2.24) is 9.03 Å². The van der Waals surface area contributed by atoms with Crippen molar-refractivity contribution in [2.75, 3.05) is 13.7 Å². The minimum absolute atomic E-state index is 0.319. The van der Waals surface area contributed by atoms with E-state index >= 15 is 0 Å². The standard InChI is InChI=1S/C13H18N2O4S/c1-10(13(16)19-2)14-20(17,18)15-8-7-11-5-3-4-6-12(11)9-15/h3-6,10,14H,7-9H2,1-2H3. The molecule has 0 aliphatic carbocycles. The molecule has 1 N–H and O–H groups in total. The summed E-state index contributed by atoms with van der Waals surface area (Å²) in [5, 5.41) is 0. The van der Waals surface area contributed by atoms with E-state index < -0.39 is 22.2 Å². The van der Waals surface area contributed by atoms with Crippen LogP contribution >= 0.6 is 0 Å².